The number of rotatable bonds is 3. The van der Waals surface area contributed by atoms with Crippen LogP contribution in [0.4, 0.5) is 18.9 Å². The molecule has 1 aliphatic heterocycles. The lowest BCUT2D eigenvalue weighted by molar-refractivity contribution is -0.136. The fourth-order valence-corrected chi connectivity index (χ4v) is 3.35. The predicted molar refractivity (Wildman–Crippen MR) is 78.2 cm³/mol. The third-order valence-electron chi connectivity index (χ3n) is 2.93. The minimum atomic E-state index is -4.36. The molecule has 0 saturated heterocycles. The molecule has 0 saturated carbocycles. The lowest BCUT2D eigenvalue weighted by atomic mass is 10.1. The lowest BCUT2D eigenvalue weighted by Gasteiger charge is -2.15. The van der Waals surface area contributed by atoms with Crippen LogP contribution in [0.3, 0.4) is 0 Å². The van der Waals surface area contributed by atoms with Gasteiger partial charge >= 0.3 is 6.18 Å². The zero-order chi connectivity index (χ0) is 14.8. The van der Waals surface area contributed by atoms with Crippen molar-refractivity contribution in [1.29, 1.82) is 0 Å². The molecule has 1 atom stereocenters. The molecule has 2 nitrogen and oxygen atoms in total. The summed E-state index contributed by atoms with van der Waals surface area (Å²) in [6.07, 6.45) is -3.34. The second-order valence-electron chi connectivity index (χ2n) is 5.18. The second kappa shape index (κ2) is 6.08. The number of thioether (sulfide) groups is 1. The van der Waals surface area contributed by atoms with Crippen LogP contribution in [-0.2, 0) is 6.18 Å². The topological polar surface area (TPSA) is 24.4 Å². The molecular weight excluding hydrogens is 285 g/mol. The molecular formula is C14H17F3N2S. The Bertz CT molecular complexity index is 497. The Morgan fingerprint density at radius 2 is 2.05 bits per heavy atom. The average Bonchev–Trinajstić information content (AvgIpc) is 2.75. The molecule has 2 rings (SSSR count). The maximum atomic E-state index is 12.9. The molecule has 0 bridgehead atoms. The number of halogens is 3. The number of nitrogens with zero attached hydrogens (tertiary/aromatic N) is 1. The highest BCUT2D eigenvalue weighted by atomic mass is 32.2. The average molecular weight is 302 g/mol. The van der Waals surface area contributed by atoms with Crippen LogP contribution in [0.25, 0.3) is 0 Å². The van der Waals surface area contributed by atoms with Crippen molar-refractivity contribution in [3.63, 3.8) is 0 Å². The van der Waals surface area contributed by atoms with Gasteiger partial charge in [0.05, 0.1) is 17.8 Å². The van der Waals surface area contributed by atoms with E-state index in [2.05, 4.69) is 24.2 Å². The molecule has 1 unspecified atom stereocenters. The smallest absolute Gasteiger partial charge is 0.334 e. The first-order chi connectivity index (χ1) is 9.36. The van der Waals surface area contributed by atoms with Crippen LogP contribution in [-0.4, -0.2) is 17.0 Å². The van der Waals surface area contributed by atoms with Crippen molar-refractivity contribution in [3.05, 3.63) is 29.8 Å². The molecule has 0 spiro atoms. The van der Waals surface area contributed by atoms with Gasteiger partial charge in [0.15, 0.2) is 5.17 Å². The number of benzene rings is 1. The van der Waals surface area contributed by atoms with Crippen molar-refractivity contribution in [2.45, 2.75) is 31.7 Å². The van der Waals surface area contributed by atoms with E-state index in [0.29, 0.717) is 22.9 Å². The molecule has 1 heterocycles. The zero-order valence-electron chi connectivity index (χ0n) is 11.4. The van der Waals surface area contributed by atoms with Crippen LogP contribution in [0.2, 0.25) is 0 Å². The largest absolute Gasteiger partial charge is 0.418 e. The van der Waals surface area contributed by atoms with Gasteiger partial charge in [-0.05, 0) is 24.5 Å². The fraction of sp³-hybridized carbons (Fsp3) is 0.500. The summed E-state index contributed by atoms with van der Waals surface area (Å²) >= 11 is 1.52. The summed E-state index contributed by atoms with van der Waals surface area (Å²) in [5.41, 5.74) is -0.591. The van der Waals surface area contributed by atoms with Gasteiger partial charge in [-0.15, -0.1) is 0 Å². The van der Waals surface area contributed by atoms with Gasteiger partial charge in [-0.3, -0.25) is 4.99 Å². The molecule has 1 N–H and O–H groups in total. The summed E-state index contributed by atoms with van der Waals surface area (Å²) in [6.45, 7) is 4.93. The summed E-state index contributed by atoms with van der Waals surface area (Å²) in [7, 11) is 0. The highest BCUT2D eigenvalue weighted by molar-refractivity contribution is 8.15. The predicted octanol–water partition coefficient (Wildman–Crippen LogP) is 4.63. The van der Waals surface area contributed by atoms with Crippen molar-refractivity contribution in [3.8, 4) is 0 Å². The fourth-order valence-electron chi connectivity index (χ4n) is 2.09. The van der Waals surface area contributed by atoms with E-state index in [0.717, 1.165) is 12.5 Å². The number of aliphatic imine (C=N–C) groups is 1. The molecule has 0 aromatic heterocycles. The number of alkyl halides is 3. The first kappa shape index (κ1) is 15.2. The van der Waals surface area contributed by atoms with Crippen LogP contribution < -0.4 is 5.32 Å². The van der Waals surface area contributed by atoms with E-state index >= 15 is 0 Å². The summed E-state index contributed by atoms with van der Waals surface area (Å²) < 4.78 is 38.7. The number of anilines is 1. The zero-order valence-corrected chi connectivity index (χ0v) is 12.2. The second-order valence-corrected chi connectivity index (χ2v) is 6.47. The SMILES string of the molecule is CC(C)CC1CN=C(Nc2ccccc2C(F)(F)F)S1. The first-order valence-electron chi connectivity index (χ1n) is 6.50. The normalized spacial score (nSPS) is 19.3. The van der Waals surface area contributed by atoms with E-state index in [1.165, 1.54) is 23.9 Å². The maximum Gasteiger partial charge on any atom is 0.418 e. The Morgan fingerprint density at radius 3 is 2.70 bits per heavy atom. The Kier molecular flexibility index (Phi) is 4.62. The van der Waals surface area contributed by atoms with Crippen molar-refractivity contribution in [1.82, 2.24) is 0 Å². The summed E-state index contributed by atoms with van der Waals surface area (Å²) in [5.74, 6) is 0.560. The standard InChI is InChI=1S/C14H17F3N2S/c1-9(2)7-10-8-18-13(20-10)19-12-6-4-3-5-11(12)14(15,16)17/h3-6,9-10H,7-8H2,1-2H3,(H,18,19). The number of hydrogen-bond acceptors (Lipinski definition) is 3. The first-order valence-corrected chi connectivity index (χ1v) is 7.38. The third-order valence-corrected chi connectivity index (χ3v) is 4.05. The van der Waals surface area contributed by atoms with Gasteiger partial charge in [0, 0.05) is 5.25 Å². The van der Waals surface area contributed by atoms with Crippen LogP contribution in [0.1, 0.15) is 25.8 Å². The van der Waals surface area contributed by atoms with Crippen molar-refractivity contribution in [2.24, 2.45) is 10.9 Å². The van der Waals surface area contributed by atoms with E-state index in [-0.39, 0.29) is 5.69 Å². The Morgan fingerprint density at radius 1 is 1.35 bits per heavy atom. The Labute approximate surface area is 120 Å². The van der Waals surface area contributed by atoms with Gasteiger partial charge in [0.1, 0.15) is 0 Å². The highest BCUT2D eigenvalue weighted by Gasteiger charge is 2.33. The molecule has 6 heteroatoms. The molecule has 1 aliphatic rings. The van der Waals surface area contributed by atoms with E-state index < -0.39 is 11.7 Å². The van der Waals surface area contributed by atoms with Crippen molar-refractivity contribution < 1.29 is 13.2 Å². The monoisotopic (exact) mass is 302 g/mol. The molecule has 1 aromatic rings. The van der Waals surface area contributed by atoms with Gasteiger partial charge < -0.3 is 5.32 Å². The van der Waals surface area contributed by atoms with Crippen molar-refractivity contribution in [2.75, 3.05) is 11.9 Å². The van der Waals surface area contributed by atoms with E-state index in [1.54, 1.807) is 6.07 Å². The molecule has 110 valence electrons. The number of para-hydroxylation sites is 1. The summed E-state index contributed by atoms with van der Waals surface area (Å²) in [5, 5.41) is 3.75. The minimum Gasteiger partial charge on any atom is -0.334 e. The molecule has 0 amide bonds. The molecule has 0 aliphatic carbocycles. The van der Waals surface area contributed by atoms with E-state index in [9.17, 15) is 13.2 Å². The highest BCUT2D eigenvalue weighted by Crippen LogP contribution is 2.36. The summed E-state index contributed by atoms with van der Waals surface area (Å²) in [6, 6.07) is 5.48. The number of nitrogens with one attached hydrogen (secondary N) is 1. The van der Waals surface area contributed by atoms with Gasteiger partial charge in [-0.25, -0.2) is 0 Å². The van der Waals surface area contributed by atoms with E-state index in [4.69, 9.17) is 0 Å². The van der Waals surface area contributed by atoms with Crippen molar-refractivity contribution >= 4 is 22.6 Å². The van der Waals surface area contributed by atoms with Gasteiger partial charge in [0.25, 0.3) is 0 Å². The van der Waals surface area contributed by atoms with Crippen LogP contribution in [0.5, 0.6) is 0 Å². The Balaban J connectivity index is 2.05. The van der Waals surface area contributed by atoms with Gasteiger partial charge in [0.2, 0.25) is 0 Å². The van der Waals surface area contributed by atoms with E-state index in [1.807, 2.05) is 0 Å². The van der Waals surface area contributed by atoms with Crippen LogP contribution in [0.15, 0.2) is 29.3 Å². The molecule has 0 fully saturated rings. The molecule has 1 aromatic carbocycles. The Hall–Kier alpha value is -1.17. The maximum absolute atomic E-state index is 12.9. The van der Waals surface area contributed by atoms with Crippen LogP contribution in [0, 0.1) is 5.92 Å². The lowest BCUT2D eigenvalue weighted by Crippen LogP contribution is -2.14. The molecule has 20 heavy (non-hydrogen) atoms. The quantitative estimate of drug-likeness (QED) is 0.880. The number of amidine groups is 1. The van der Waals surface area contributed by atoms with Gasteiger partial charge in [-0.1, -0.05) is 37.7 Å². The molecule has 0 radical (unpaired) electrons. The van der Waals surface area contributed by atoms with Gasteiger partial charge in [-0.2, -0.15) is 13.2 Å². The third kappa shape index (κ3) is 3.91. The van der Waals surface area contributed by atoms with Crippen LogP contribution >= 0.6 is 11.8 Å². The minimum absolute atomic E-state index is 0.0662. The summed E-state index contributed by atoms with van der Waals surface area (Å²) in [4.78, 5) is 4.29. The number of hydrogen-bond donors (Lipinski definition) is 1.